The Labute approximate surface area is 165 Å². The van der Waals surface area contributed by atoms with Gasteiger partial charge in [-0.3, -0.25) is 9.78 Å². The Morgan fingerprint density at radius 2 is 1.57 bits per heavy atom. The Bertz CT molecular complexity index is 1010. The van der Waals surface area contributed by atoms with Gasteiger partial charge in [-0.25, -0.2) is 9.67 Å². The van der Waals surface area contributed by atoms with Crippen LogP contribution in [0.15, 0.2) is 49.1 Å². The van der Waals surface area contributed by atoms with Gasteiger partial charge in [-0.2, -0.15) is 31.4 Å². The highest BCUT2D eigenvalue weighted by atomic mass is 19.4. The summed E-state index contributed by atoms with van der Waals surface area (Å²) in [6.07, 6.45) is -4.37. The maximum Gasteiger partial charge on any atom is 0.416 e. The minimum Gasteiger partial charge on any atom is -0.344 e. The van der Waals surface area contributed by atoms with Crippen LogP contribution in [-0.2, 0) is 12.4 Å². The summed E-state index contributed by atoms with van der Waals surface area (Å²) in [6.45, 7) is 1.47. The van der Waals surface area contributed by atoms with Crippen LogP contribution in [0.25, 0.3) is 5.82 Å². The van der Waals surface area contributed by atoms with E-state index in [1.165, 1.54) is 30.2 Å². The molecule has 0 saturated carbocycles. The van der Waals surface area contributed by atoms with Crippen molar-refractivity contribution in [2.45, 2.75) is 25.3 Å². The monoisotopic (exact) mass is 429 g/mol. The van der Waals surface area contributed by atoms with E-state index in [1.807, 2.05) is 0 Å². The number of hydrogen-bond acceptors (Lipinski definition) is 4. The lowest BCUT2D eigenvalue weighted by Gasteiger charge is -2.18. The first-order chi connectivity index (χ1) is 14.0. The molecule has 2 aromatic heterocycles. The Morgan fingerprint density at radius 1 is 0.967 bits per heavy atom. The number of benzene rings is 1. The molecule has 12 heteroatoms. The number of rotatable bonds is 4. The van der Waals surface area contributed by atoms with Crippen LogP contribution in [0.1, 0.15) is 40.1 Å². The van der Waals surface area contributed by atoms with E-state index in [0.717, 1.165) is 0 Å². The van der Waals surface area contributed by atoms with Crippen molar-refractivity contribution < 1.29 is 31.1 Å². The summed E-state index contributed by atoms with van der Waals surface area (Å²) in [5, 5.41) is 6.35. The Hall–Kier alpha value is -3.44. The first-order valence-corrected chi connectivity index (χ1v) is 8.38. The number of carbonyl (C=O) groups excluding carboxylic acids is 1. The molecule has 1 aromatic carbocycles. The molecule has 0 aliphatic heterocycles. The lowest BCUT2D eigenvalue weighted by molar-refractivity contribution is -0.143. The predicted octanol–water partition coefficient (Wildman–Crippen LogP) is 4.19. The number of halogens is 6. The van der Waals surface area contributed by atoms with Crippen molar-refractivity contribution in [3.8, 4) is 5.82 Å². The molecule has 2 heterocycles. The normalized spacial score (nSPS) is 13.2. The minimum atomic E-state index is -5.06. The third kappa shape index (κ3) is 4.58. The first-order valence-electron chi connectivity index (χ1n) is 8.38. The predicted molar refractivity (Wildman–Crippen MR) is 91.5 cm³/mol. The van der Waals surface area contributed by atoms with E-state index in [2.05, 4.69) is 20.4 Å². The van der Waals surface area contributed by atoms with Crippen molar-refractivity contribution in [2.75, 3.05) is 0 Å². The molecule has 0 saturated heterocycles. The van der Waals surface area contributed by atoms with E-state index < -0.39 is 41.0 Å². The minimum absolute atomic E-state index is 0.0430. The number of hydrogen-bond donors (Lipinski definition) is 1. The van der Waals surface area contributed by atoms with Crippen LogP contribution in [0.4, 0.5) is 26.3 Å². The third-order valence-electron chi connectivity index (χ3n) is 4.04. The van der Waals surface area contributed by atoms with Crippen LogP contribution in [0.5, 0.6) is 0 Å². The van der Waals surface area contributed by atoms with Gasteiger partial charge < -0.3 is 5.32 Å². The fraction of sp³-hybridized carbons (Fsp3) is 0.222. The van der Waals surface area contributed by atoms with Gasteiger partial charge in [0, 0.05) is 30.4 Å². The molecule has 1 unspecified atom stereocenters. The van der Waals surface area contributed by atoms with Gasteiger partial charge in [0.1, 0.15) is 5.69 Å². The van der Waals surface area contributed by atoms with E-state index in [-0.39, 0.29) is 17.6 Å². The van der Waals surface area contributed by atoms with Gasteiger partial charge >= 0.3 is 12.4 Å². The van der Waals surface area contributed by atoms with Crippen molar-refractivity contribution >= 4 is 5.91 Å². The van der Waals surface area contributed by atoms with E-state index >= 15 is 0 Å². The van der Waals surface area contributed by atoms with Crippen LogP contribution in [-0.4, -0.2) is 25.7 Å². The van der Waals surface area contributed by atoms with Gasteiger partial charge in [-0.05, 0) is 31.2 Å². The van der Waals surface area contributed by atoms with Crippen LogP contribution >= 0.6 is 0 Å². The Morgan fingerprint density at radius 3 is 2.10 bits per heavy atom. The molecule has 0 bridgehead atoms. The van der Waals surface area contributed by atoms with Crippen molar-refractivity contribution in [3.63, 3.8) is 0 Å². The highest BCUT2D eigenvalue weighted by Gasteiger charge is 2.37. The number of carbonyl (C=O) groups is 1. The molecule has 30 heavy (non-hydrogen) atoms. The molecule has 0 spiro atoms. The van der Waals surface area contributed by atoms with Gasteiger partial charge in [0.05, 0.1) is 17.2 Å². The van der Waals surface area contributed by atoms with Crippen LogP contribution in [0, 0.1) is 0 Å². The zero-order valence-corrected chi connectivity index (χ0v) is 15.2. The average Bonchev–Trinajstić information content (AvgIpc) is 3.21. The summed E-state index contributed by atoms with van der Waals surface area (Å²) >= 11 is 0. The standard InChI is InChI=1S/C18H13F6N5O/c1-10(14-15(26-5-4-25-14)29-6-2-3-27-29)28-16(30)11-7-12(17(19,20)21)9-13(8-11)18(22,23)24/h2-10H,1H3,(H,28,30). The summed E-state index contributed by atoms with van der Waals surface area (Å²) in [5.74, 6) is -0.883. The fourth-order valence-corrected chi connectivity index (χ4v) is 2.65. The average molecular weight is 429 g/mol. The molecule has 158 valence electrons. The Kier molecular flexibility index (Phi) is 5.51. The highest BCUT2D eigenvalue weighted by Crippen LogP contribution is 2.36. The molecule has 0 aliphatic rings. The number of nitrogens with zero attached hydrogens (tertiary/aromatic N) is 4. The summed E-state index contributed by atoms with van der Waals surface area (Å²) in [6, 6.07) is 1.40. The summed E-state index contributed by atoms with van der Waals surface area (Å²) in [5.41, 5.74) is -3.72. The van der Waals surface area contributed by atoms with Gasteiger partial charge in [-0.15, -0.1) is 0 Å². The molecule has 3 rings (SSSR count). The van der Waals surface area contributed by atoms with Gasteiger partial charge in [0.15, 0.2) is 5.82 Å². The van der Waals surface area contributed by atoms with E-state index in [0.29, 0.717) is 12.1 Å². The summed E-state index contributed by atoms with van der Waals surface area (Å²) < 4.78 is 79.4. The summed E-state index contributed by atoms with van der Waals surface area (Å²) in [4.78, 5) is 20.7. The van der Waals surface area contributed by atoms with Gasteiger partial charge in [0.25, 0.3) is 5.91 Å². The number of aromatic nitrogens is 4. The zero-order chi connectivity index (χ0) is 22.1. The van der Waals surface area contributed by atoms with Gasteiger partial charge in [-0.1, -0.05) is 0 Å². The van der Waals surface area contributed by atoms with Gasteiger partial charge in [0.2, 0.25) is 0 Å². The second kappa shape index (κ2) is 7.76. The van der Waals surface area contributed by atoms with Crippen LogP contribution < -0.4 is 5.32 Å². The SMILES string of the molecule is CC(NC(=O)c1cc(C(F)(F)F)cc(C(F)(F)F)c1)c1nccnc1-n1cccn1. The number of nitrogens with one attached hydrogen (secondary N) is 1. The van der Waals surface area contributed by atoms with Crippen molar-refractivity contribution in [3.05, 3.63) is 71.4 Å². The van der Waals surface area contributed by atoms with E-state index in [9.17, 15) is 31.1 Å². The highest BCUT2D eigenvalue weighted by molar-refractivity contribution is 5.95. The second-order valence-electron chi connectivity index (χ2n) is 6.21. The third-order valence-corrected chi connectivity index (χ3v) is 4.04. The molecular formula is C18H13F6N5O. The Balaban J connectivity index is 1.93. The molecule has 1 amide bonds. The number of alkyl halides is 6. The molecule has 0 aliphatic carbocycles. The largest absolute Gasteiger partial charge is 0.416 e. The lowest BCUT2D eigenvalue weighted by atomic mass is 10.0. The van der Waals surface area contributed by atoms with E-state index in [4.69, 9.17) is 0 Å². The first kappa shape index (κ1) is 21.3. The second-order valence-corrected chi connectivity index (χ2v) is 6.21. The molecule has 1 N–H and O–H groups in total. The van der Waals surface area contributed by atoms with Crippen molar-refractivity contribution in [1.82, 2.24) is 25.1 Å². The van der Waals surface area contributed by atoms with Crippen LogP contribution in [0.2, 0.25) is 0 Å². The summed E-state index contributed by atoms with van der Waals surface area (Å²) in [7, 11) is 0. The topological polar surface area (TPSA) is 72.7 Å². The molecule has 1 atom stereocenters. The zero-order valence-electron chi connectivity index (χ0n) is 15.2. The maximum atomic E-state index is 13.0. The lowest BCUT2D eigenvalue weighted by Crippen LogP contribution is -2.29. The smallest absolute Gasteiger partial charge is 0.344 e. The van der Waals surface area contributed by atoms with Crippen molar-refractivity contribution in [2.24, 2.45) is 0 Å². The molecule has 0 fully saturated rings. The maximum absolute atomic E-state index is 13.0. The fourth-order valence-electron chi connectivity index (χ4n) is 2.65. The van der Waals surface area contributed by atoms with E-state index in [1.54, 1.807) is 12.3 Å². The molecule has 0 radical (unpaired) electrons. The number of amides is 1. The molecular weight excluding hydrogens is 416 g/mol. The quantitative estimate of drug-likeness (QED) is 0.632. The van der Waals surface area contributed by atoms with Crippen LogP contribution in [0.3, 0.4) is 0 Å². The molecule has 6 nitrogen and oxygen atoms in total. The molecule has 3 aromatic rings. The van der Waals surface area contributed by atoms with Crippen molar-refractivity contribution in [1.29, 1.82) is 0 Å².